The van der Waals surface area contributed by atoms with E-state index in [4.69, 9.17) is 9.94 Å². The Kier molecular flexibility index (Phi) is 2.70. The van der Waals surface area contributed by atoms with Crippen LogP contribution >= 0.6 is 0 Å². The van der Waals surface area contributed by atoms with Gasteiger partial charge in [0.05, 0.1) is 5.71 Å². The van der Waals surface area contributed by atoms with Gasteiger partial charge >= 0.3 is 5.97 Å². The Morgan fingerprint density at radius 3 is 2.38 bits per heavy atom. The van der Waals surface area contributed by atoms with Crippen molar-refractivity contribution in [2.75, 3.05) is 0 Å². The van der Waals surface area contributed by atoms with Crippen LogP contribution < -0.4 is 0 Å². The minimum absolute atomic E-state index is 0.388. The van der Waals surface area contributed by atoms with Crippen LogP contribution in [0.1, 0.15) is 26.7 Å². The summed E-state index contributed by atoms with van der Waals surface area (Å²) in [7, 11) is 0. The fourth-order valence-corrected chi connectivity index (χ4v) is 1.10. The van der Waals surface area contributed by atoms with Crippen molar-refractivity contribution in [3.63, 3.8) is 0 Å². The highest BCUT2D eigenvalue weighted by Crippen LogP contribution is 2.28. The van der Waals surface area contributed by atoms with E-state index < -0.39 is 11.6 Å². The second kappa shape index (κ2) is 3.60. The molecule has 0 amide bonds. The molecule has 13 heavy (non-hydrogen) atoms. The van der Waals surface area contributed by atoms with E-state index in [-0.39, 0.29) is 0 Å². The molecule has 0 bridgehead atoms. The van der Waals surface area contributed by atoms with Gasteiger partial charge in [-0.15, -0.1) is 0 Å². The van der Waals surface area contributed by atoms with E-state index in [1.54, 1.807) is 26.0 Å². The molecule has 0 saturated heterocycles. The number of carboxylic acids is 1. The van der Waals surface area contributed by atoms with Crippen molar-refractivity contribution in [3.05, 3.63) is 12.2 Å². The van der Waals surface area contributed by atoms with E-state index in [1.165, 1.54) is 0 Å². The van der Waals surface area contributed by atoms with Crippen LogP contribution in [0.2, 0.25) is 0 Å². The van der Waals surface area contributed by atoms with Gasteiger partial charge in [-0.25, -0.2) is 4.79 Å². The lowest BCUT2D eigenvalue weighted by Crippen LogP contribution is -2.37. The molecule has 0 fully saturated rings. The summed E-state index contributed by atoms with van der Waals surface area (Å²) < 4.78 is 0. The van der Waals surface area contributed by atoms with E-state index in [0.29, 0.717) is 18.6 Å². The lowest BCUT2D eigenvalue weighted by Gasteiger charge is -2.20. The molecule has 0 radical (unpaired) electrons. The van der Waals surface area contributed by atoms with E-state index in [9.17, 15) is 4.79 Å². The third kappa shape index (κ3) is 2.08. The average Bonchev–Trinajstić information content (AvgIpc) is 2.50. The van der Waals surface area contributed by atoms with Crippen molar-refractivity contribution in [2.24, 2.45) is 5.16 Å². The molecule has 0 atom stereocenters. The van der Waals surface area contributed by atoms with Gasteiger partial charge in [0.1, 0.15) is 0 Å². The zero-order valence-corrected chi connectivity index (χ0v) is 7.78. The first-order chi connectivity index (χ1) is 6.07. The van der Waals surface area contributed by atoms with Crippen molar-refractivity contribution in [1.29, 1.82) is 0 Å². The van der Waals surface area contributed by atoms with Crippen molar-refractivity contribution >= 4 is 11.7 Å². The predicted molar refractivity (Wildman–Crippen MR) is 48.6 cm³/mol. The number of hydrogen-bond donors (Lipinski definition) is 1. The first-order valence-corrected chi connectivity index (χ1v) is 4.14. The van der Waals surface area contributed by atoms with Gasteiger partial charge in [0.15, 0.2) is 0 Å². The summed E-state index contributed by atoms with van der Waals surface area (Å²) in [5.41, 5.74) is -0.440. The Morgan fingerprint density at radius 2 is 2.00 bits per heavy atom. The molecule has 0 aliphatic heterocycles. The SMILES string of the molecule is CC(C)=NOC1(C(=O)O)CC=CC1. The molecule has 1 aliphatic rings. The molecule has 1 N–H and O–H groups in total. The molecule has 0 aromatic rings. The second-order valence-electron chi connectivity index (χ2n) is 3.31. The van der Waals surface area contributed by atoms with Crippen LogP contribution in [0, 0.1) is 0 Å². The fraction of sp³-hybridized carbons (Fsp3) is 0.556. The number of hydrogen-bond acceptors (Lipinski definition) is 3. The molecule has 1 rings (SSSR count). The number of aliphatic carboxylic acids is 1. The molecule has 4 heteroatoms. The van der Waals surface area contributed by atoms with Gasteiger partial charge in [0.25, 0.3) is 0 Å². The summed E-state index contributed by atoms with van der Waals surface area (Å²) in [6, 6.07) is 0. The van der Waals surface area contributed by atoms with E-state index in [1.807, 2.05) is 0 Å². The maximum Gasteiger partial charge on any atom is 0.351 e. The van der Waals surface area contributed by atoms with E-state index in [2.05, 4.69) is 5.16 Å². The molecule has 0 aromatic heterocycles. The molecular weight excluding hydrogens is 170 g/mol. The zero-order chi connectivity index (χ0) is 9.90. The van der Waals surface area contributed by atoms with Crippen molar-refractivity contribution in [1.82, 2.24) is 0 Å². The molecule has 72 valence electrons. The molecule has 0 unspecified atom stereocenters. The summed E-state index contributed by atoms with van der Waals surface area (Å²) in [6.45, 7) is 3.52. The highest BCUT2D eigenvalue weighted by Gasteiger charge is 2.42. The summed E-state index contributed by atoms with van der Waals surface area (Å²) in [5.74, 6) is -0.956. The number of rotatable bonds is 3. The minimum Gasteiger partial charge on any atom is -0.478 e. The van der Waals surface area contributed by atoms with E-state index in [0.717, 1.165) is 0 Å². The molecule has 0 aromatic carbocycles. The van der Waals surface area contributed by atoms with Gasteiger partial charge < -0.3 is 9.94 Å². The van der Waals surface area contributed by atoms with E-state index >= 15 is 0 Å². The smallest absolute Gasteiger partial charge is 0.351 e. The summed E-state index contributed by atoms with van der Waals surface area (Å²) >= 11 is 0. The number of carboxylic acid groups (broad SMARTS) is 1. The predicted octanol–water partition coefficient (Wildman–Crippen LogP) is 1.57. The minimum atomic E-state index is -1.16. The lowest BCUT2D eigenvalue weighted by molar-refractivity contribution is -0.164. The molecule has 1 aliphatic carbocycles. The molecular formula is C9H13NO3. The Bertz CT molecular complexity index is 256. The largest absolute Gasteiger partial charge is 0.478 e. The van der Waals surface area contributed by atoms with Crippen LogP contribution in [0.5, 0.6) is 0 Å². The average molecular weight is 183 g/mol. The van der Waals surface area contributed by atoms with Crippen LogP contribution in [-0.4, -0.2) is 22.4 Å². The molecule has 0 heterocycles. The third-order valence-corrected chi connectivity index (χ3v) is 1.85. The normalized spacial score (nSPS) is 18.3. The highest BCUT2D eigenvalue weighted by molar-refractivity contribution is 5.80. The van der Waals surface area contributed by atoms with Gasteiger partial charge in [-0.1, -0.05) is 17.3 Å². The standard InChI is InChI=1S/C9H13NO3/c1-7(2)10-13-9(8(11)12)5-3-4-6-9/h3-4H,5-6H2,1-2H3,(H,11,12). The van der Waals surface area contributed by atoms with Crippen molar-refractivity contribution in [2.45, 2.75) is 32.3 Å². The molecule has 0 spiro atoms. The Labute approximate surface area is 76.9 Å². The lowest BCUT2D eigenvalue weighted by atomic mass is 10.0. The van der Waals surface area contributed by atoms with Crippen LogP contribution in [-0.2, 0) is 9.63 Å². The quantitative estimate of drug-likeness (QED) is 0.410. The summed E-state index contributed by atoms with van der Waals surface area (Å²) in [4.78, 5) is 15.9. The summed E-state index contributed by atoms with van der Waals surface area (Å²) in [6.07, 6.45) is 4.38. The van der Waals surface area contributed by atoms with Crippen LogP contribution in [0.3, 0.4) is 0 Å². The van der Waals surface area contributed by atoms with Gasteiger partial charge in [0.2, 0.25) is 5.60 Å². The van der Waals surface area contributed by atoms with Crippen LogP contribution in [0.25, 0.3) is 0 Å². The fourth-order valence-electron chi connectivity index (χ4n) is 1.10. The third-order valence-electron chi connectivity index (χ3n) is 1.85. The summed E-state index contributed by atoms with van der Waals surface area (Å²) in [5, 5.41) is 12.6. The molecule has 0 saturated carbocycles. The Morgan fingerprint density at radius 1 is 1.46 bits per heavy atom. The number of carbonyl (C=O) groups is 1. The topological polar surface area (TPSA) is 58.9 Å². The first-order valence-electron chi connectivity index (χ1n) is 4.14. The maximum atomic E-state index is 10.9. The Balaban J connectivity index is 2.70. The van der Waals surface area contributed by atoms with Crippen molar-refractivity contribution < 1.29 is 14.7 Å². The van der Waals surface area contributed by atoms with Crippen LogP contribution in [0.4, 0.5) is 0 Å². The maximum absolute atomic E-state index is 10.9. The van der Waals surface area contributed by atoms with Gasteiger partial charge in [-0.2, -0.15) is 0 Å². The van der Waals surface area contributed by atoms with Crippen molar-refractivity contribution in [3.8, 4) is 0 Å². The molecule has 4 nitrogen and oxygen atoms in total. The zero-order valence-electron chi connectivity index (χ0n) is 7.78. The van der Waals surface area contributed by atoms with Gasteiger partial charge in [0, 0.05) is 12.8 Å². The number of oxime groups is 1. The first kappa shape index (κ1) is 9.77. The van der Waals surface area contributed by atoms with Crippen LogP contribution in [0.15, 0.2) is 17.3 Å². The Hall–Kier alpha value is -1.32. The number of nitrogens with zero attached hydrogens (tertiary/aromatic N) is 1. The highest BCUT2D eigenvalue weighted by atomic mass is 16.7. The van der Waals surface area contributed by atoms with Gasteiger partial charge in [-0.05, 0) is 13.8 Å². The van der Waals surface area contributed by atoms with Gasteiger partial charge in [-0.3, -0.25) is 0 Å². The second-order valence-corrected chi connectivity index (χ2v) is 3.31. The monoisotopic (exact) mass is 183 g/mol.